The highest BCUT2D eigenvalue weighted by Crippen LogP contribution is 2.26. The smallest absolute Gasteiger partial charge is 0.251 e. The van der Waals surface area contributed by atoms with Crippen LogP contribution in [0.2, 0.25) is 0 Å². The minimum atomic E-state index is -3.58. The first kappa shape index (κ1) is 22.0. The van der Waals surface area contributed by atoms with E-state index in [9.17, 15) is 13.2 Å². The topological polar surface area (TPSA) is 66.5 Å². The van der Waals surface area contributed by atoms with Crippen molar-refractivity contribution in [3.05, 3.63) is 64.7 Å². The summed E-state index contributed by atoms with van der Waals surface area (Å²) in [6, 6.07) is 12.7. The van der Waals surface area contributed by atoms with Crippen LogP contribution >= 0.6 is 0 Å². The van der Waals surface area contributed by atoms with Crippen LogP contribution in [-0.4, -0.2) is 31.7 Å². The van der Waals surface area contributed by atoms with Crippen molar-refractivity contribution in [1.82, 2.24) is 9.62 Å². The molecule has 1 saturated heterocycles. The Hall–Kier alpha value is -2.18. The Morgan fingerprint density at radius 3 is 2.48 bits per heavy atom. The fraction of sp³-hybridized carbons (Fsp3) is 0.480. The SMILES string of the molecule is CC1CCN(S(=O)(=O)c2cccc(C(=O)N[C@@H](C)c3ccc4c(c3)CCCC4)c2)CC1. The van der Waals surface area contributed by atoms with Gasteiger partial charge in [-0.1, -0.05) is 31.2 Å². The van der Waals surface area contributed by atoms with Gasteiger partial charge < -0.3 is 5.32 Å². The van der Waals surface area contributed by atoms with E-state index in [0.717, 1.165) is 31.2 Å². The fourth-order valence-electron chi connectivity index (χ4n) is 4.56. The molecule has 0 spiro atoms. The highest BCUT2D eigenvalue weighted by atomic mass is 32.2. The lowest BCUT2D eigenvalue weighted by Crippen LogP contribution is -2.38. The van der Waals surface area contributed by atoms with Gasteiger partial charge in [0, 0.05) is 18.7 Å². The summed E-state index contributed by atoms with van der Waals surface area (Å²) in [5.41, 5.74) is 4.25. The molecule has 1 amide bonds. The maximum Gasteiger partial charge on any atom is 0.251 e. The molecule has 31 heavy (non-hydrogen) atoms. The molecule has 0 bridgehead atoms. The monoisotopic (exact) mass is 440 g/mol. The molecule has 1 N–H and O–H groups in total. The van der Waals surface area contributed by atoms with Gasteiger partial charge in [-0.15, -0.1) is 0 Å². The van der Waals surface area contributed by atoms with Crippen molar-refractivity contribution in [2.45, 2.75) is 63.3 Å². The summed E-state index contributed by atoms with van der Waals surface area (Å²) < 4.78 is 27.6. The van der Waals surface area contributed by atoms with E-state index in [-0.39, 0.29) is 16.8 Å². The van der Waals surface area contributed by atoms with Crippen LogP contribution in [0.25, 0.3) is 0 Å². The van der Waals surface area contributed by atoms with E-state index in [4.69, 9.17) is 0 Å². The molecule has 1 aliphatic heterocycles. The molecule has 1 aliphatic carbocycles. The second kappa shape index (κ2) is 9.13. The Morgan fingerprint density at radius 1 is 1.03 bits per heavy atom. The van der Waals surface area contributed by atoms with Crippen molar-refractivity contribution < 1.29 is 13.2 Å². The molecular formula is C25H32N2O3S. The number of hydrogen-bond acceptors (Lipinski definition) is 3. The van der Waals surface area contributed by atoms with Crippen LogP contribution in [0.15, 0.2) is 47.4 Å². The third-order valence-corrected chi connectivity index (χ3v) is 8.59. The maximum absolute atomic E-state index is 13.0. The van der Waals surface area contributed by atoms with Crippen molar-refractivity contribution in [3.63, 3.8) is 0 Å². The second-order valence-electron chi connectivity index (χ2n) is 9.04. The van der Waals surface area contributed by atoms with Gasteiger partial charge in [0.05, 0.1) is 10.9 Å². The maximum atomic E-state index is 13.0. The lowest BCUT2D eigenvalue weighted by molar-refractivity contribution is 0.0939. The molecular weight excluding hydrogens is 408 g/mol. The molecule has 2 aliphatic rings. The van der Waals surface area contributed by atoms with E-state index in [0.29, 0.717) is 24.6 Å². The minimum Gasteiger partial charge on any atom is -0.346 e. The van der Waals surface area contributed by atoms with Gasteiger partial charge in [0.2, 0.25) is 10.0 Å². The van der Waals surface area contributed by atoms with Crippen LogP contribution in [-0.2, 0) is 22.9 Å². The van der Waals surface area contributed by atoms with Crippen LogP contribution in [0.1, 0.15) is 72.6 Å². The van der Waals surface area contributed by atoms with Gasteiger partial charge >= 0.3 is 0 Å². The summed E-state index contributed by atoms with van der Waals surface area (Å²) in [6.07, 6.45) is 6.44. The number of hydrogen-bond donors (Lipinski definition) is 1. The number of benzene rings is 2. The molecule has 1 atom stereocenters. The summed E-state index contributed by atoms with van der Waals surface area (Å²) in [5, 5.41) is 3.04. The zero-order chi connectivity index (χ0) is 22.0. The molecule has 0 radical (unpaired) electrons. The first-order valence-corrected chi connectivity index (χ1v) is 12.8. The summed E-state index contributed by atoms with van der Waals surface area (Å²) in [5.74, 6) is 0.295. The van der Waals surface area contributed by atoms with E-state index in [1.807, 2.05) is 6.92 Å². The highest BCUT2D eigenvalue weighted by molar-refractivity contribution is 7.89. The van der Waals surface area contributed by atoms with Crippen molar-refractivity contribution in [2.24, 2.45) is 5.92 Å². The number of carbonyl (C=O) groups is 1. The van der Waals surface area contributed by atoms with Crippen LogP contribution in [0.4, 0.5) is 0 Å². The Labute approximate surface area is 185 Å². The zero-order valence-electron chi connectivity index (χ0n) is 18.4. The number of amides is 1. The Bertz CT molecular complexity index is 1060. The predicted octanol–water partition coefficient (Wildman–Crippen LogP) is 4.48. The molecule has 1 heterocycles. The molecule has 6 heteroatoms. The summed E-state index contributed by atoms with van der Waals surface area (Å²) in [7, 11) is -3.58. The van der Waals surface area contributed by atoms with Crippen molar-refractivity contribution in [1.29, 1.82) is 0 Å². The number of piperidine rings is 1. The zero-order valence-corrected chi connectivity index (χ0v) is 19.2. The van der Waals surface area contributed by atoms with Crippen molar-refractivity contribution >= 4 is 15.9 Å². The summed E-state index contributed by atoms with van der Waals surface area (Å²) in [6.45, 7) is 5.20. The quantitative estimate of drug-likeness (QED) is 0.746. The van der Waals surface area contributed by atoms with Crippen molar-refractivity contribution in [2.75, 3.05) is 13.1 Å². The molecule has 1 fully saturated rings. The van der Waals surface area contributed by atoms with Gasteiger partial charge in [0.25, 0.3) is 5.91 Å². The lowest BCUT2D eigenvalue weighted by atomic mass is 9.89. The fourth-order valence-corrected chi connectivity index (χ4v) is 6.07. The molecule has 0 unspecified atom stereocenters. The van der Waals surface area contributed by atoms with E-state index in [2.05, 4.69) is 30.4 Å². The Balaban J connectivity index is 1.48. The van der Waals surface area contributed by atoms with Crippen LogP contribution < -0.4 is 5.32 Å². The molecule has 0 aromatic heterocycles. The Morgan fingerprint density at radius 2 is 1.74 bits per heavy atom. The van der Waals surface area contributed by atoms with Gasteiger partial charge in [-0.05, 0) is 86.3 Å². The van der Waals surface area contributed by atoms with E-state index in [1.54, 1.807) is 22.5 Å². The number of nitrogens with zero attached hydrogens (tertiary/aromatic N) is 1. The number of carbonyl (C=O) groups excluding carboxylic acids is 1. The molecule has 0 saturated carbocycles. The Kier molecular flexibility index (Phi) is 6.49. The number of rotatable bonds is 5. The van der Waals surface area contributed by atoms with Crippen LogP contribution in [0.3, 0.4) is 0 Å². The first-order chi connectivity index (χ1) is 14.8. The predicted molar refractivity (Wildman–Crippen MR) is 123 cm³/mol. The average molecular weight is 441 g/mol. The average Bonchev–Trinajstić information content (AvgIpc) is 2.79. The molecule has 166 valence electrons. The minimum absolute atomic E-state index is 0.149. The van der Waals surface area contributed by atoms with Gasteiger partial charge in [0.1, 0.15) is 0 Å². The van der Waals surface area contributed by atoms with Gasteiger partial charge in [-0.25, -0.2) is 8.42 Å². The van der Waals surface area contributed by atoms with Gasteiger partial charge in [0.15, 0.2) is 0 Å². The summed E-state index contributed by atoms with van der Waals surface area (Å²) in [4.78, 5) is 13.1. The third-order valence-electron chi connectivity index (χ3n) is 6.70. The van der Waals surface area contributed by atoms with E-state index in [1.165, 1.54) is 30.0 Å². The largest absolute Gasteiger partial charge is 0.346 e. The normalized spacial score (nSPS) is 18.9. The number of nitrogens with one attached hydrogen (secondary N) is 1. The standard InChI is InChI=1S/C25H32N2O3S/c1-18-12-14-27(15-13-18)31(29,30)24-9-5-8-23(17-24)25(28)26-19(2)21-11-10-20-6-3-4-7-22(20)16-21/h5,8-11,16-19H,3-4,6-7,12-15H2,1-2H3,(H,26,28)/t19-/m0/s1. The number of fused-ring (bicyclic) bond motifs is 1. The number of aryl methyl sites for hydroxylation is 2. The molecule has 2 aromatic rings. The van der Waals surface area contributed by atoms with Crippen LogP contribution in [0, 0.1) is 5.92 Å². The van der Waals surface area contributed by atoms with Crippen molar-refractivity contribution in [3.8, 4) is 0 Å². The second-order valence-corrected chi connectivity index (χ2v) is 11.0. The van der Waals surface area contributed by atoms with Crippen LogP contribution in [0.5, 0.6) is 0 Å². The van der Waals surface area contributed by atoms with E-state index >= 15 is 0 Å². The lowest BCUT2D eigenvalue weighted by Gasteiger charge is -2.29. The third kappa shape index (κ3) is 4.85. The van der Waals surface area contributed by atoms with Gasteiger partial charge in [-0.2, -0.15) is 4.31 Å². The van der Waals surface area contributed by atoms with E-state index < -0.39 is 10.0 Å². The molecule has 4 rings (SSSR count). The molecule has 5 nitrogen and oxygen atoms in total. The first-order valence-electron chi connectivity index (χ1n) is 11.4. The van der Waals surface area contributed by atoms with Gasteiger partial charge in [-0.3, -0.25) is 4.79 Å². The summed E-state index contributed by atoms with van der Waals surface area (Å²) >= 11 is 0. The molecule has 2 aromatic carbocycles. The number of sulfonamides is 1. The highest BCUT2D eigenvalue weighted by Gasteiger charge is 2.28.